The van der Waals surface area contributed by atoms with Crippen LogP contribution in [0.2, 0.25) is 5.02 Å². The Morgan fingerprint density at radius 2 is 1.85 bits per heavy atom. The summed E-state index contributed by atoms with van der Waals surface area (Å²) in [6.45, 7) is 1.24. The van der Waals surface area contributed by atoms with Gasteiger partial charge in [-0.25, -0.2) is 13.2 Å². The van der Waals surface area contributed by atoms with Crippen molar-refractivity contribution < 1.29 is 23.1 Å². The van der Waals surface area contributed by atoms with Gasteiger partial charge >= 0.3 is 5.97 Å². The normalized spacial score (nSPS) is 12.8. The zero-order valence-electron chi connectivity index (χ0n) is 11.1. The molecule has 0 saturated carbocycles. The van der Waals surface area contributed by atoms with E-state index in [1.165, 1.54) is 33.2 Å². The maximum atomic E-state index is 12.3. The number of halogens is 1. The first-order valence-corrected chi connectivity index (χ1v) is 7.49. The van der Waals surface area contributed by atoms with Crippen LogP contribution in [0.4, 0.5) is 0 Å². The largest absolute Gasteiger partial charge is 0.478 e. The minimum atomic E-state index is -4.06. The van der Waals surface area contributed by atoms with Crippen LogP contribution >= 0.6 is 11.6 Å². The van der Waals surface area contributed by atoms with Gasteiger partial charge in [0, 0.05) is 14.1 Å². The predicted octanol–water partition coefficient (Wildman–Crippen LogP) is 1.29. The Hall–Kier alpha value is -1.60. The Morgan fingerprint density at radius 1 is 1.30 bits per heavy atom. The molecule has 8 heteroatoms. The van der Waals surface area contributed by atoms with E-state index in [0.717, 1.165) is 11.0 Å². The summed E-state index contributed by atoms with van der Waals surface area (Å²) in [6.07, 6.45) is 0. The van der Waals surface area contributed by atoms with E-state index in [-0.39, 0.29) is 15.5 Å². The maximum Gasteiger partial charge on any atom is 0.335 e. The molecule has 1 atom stereocenters. The van der Waals surface area contributed by atoms with Gasteiger partial charge in [0.15, 0.2) is 9.84 Å². The minimum absolute atomic E-state index is 0.117. The Kier molecular flexibility index (Phi) is 4.77. The van der Waals surface area contributed by atoms with Crippen molar-refractivity contribution in [3.8, 4) is 0 Å². The third-order valence-corrected chi connectivity index (χ3v) is 5.26. The van der Waals surface area contributed by atoms with E-state index in [0.29, 0.717) is 0 Å². The van der Waals surface area contributed by atoms with Crippen molar-refractivity contribution in [2.24, 2.45) is 0 Å². The molecule has 1 amide bonds. The van der Waals surface area contributed by atoms with Crippen molar-refractivity contribution in [3.05, 3.63) is 28.8 Å². The lowest BCUT2D eigenvalue weighted by Gasteiger charge is -2.18. The topological polar surface area (TPSA) is 91.8 Å². The Balaban J connectivity index is 3.39. The van der Waals surface area contributed by atoms with E-state index in [1.54, 1.807) is 0 Å². The van der Waals surface area contributed by atoms with Crippen molar-refractivity contribution in [2.45, 2.75) is 17.1 Å². The van der Waals surface area contributed by atoms with Crippen LogP contribution in [0.5, 0.6) is 0 Å². The van der Waals surface area contributed by atoms with Crippen LogP contribution in [0.1, 0.15) is 17.3 Å². The van der Waals surface area contributed by atoms with Crippen LogP contribution in [0.3, 0.4) is 0 Å². The lowest BCUT2D eigenvalue weighted by Crippen LogP contribution is -2.37. The van der Waals surface area contributed by atoms with Crippen LogP contribution < -0.4 is 0 Å². The Bertz CT molecular complexity index is 654. The summed E-state index contributed by atoms with van der Waals surface area (Å²) in [4.78, 5) is 23.5. The zero-order valence-corrected chi connectivity index (χ0v) is 12.7. The molecule has 0 aliphatic rings. The van der Waals surface area contributed by atoms with Gasteiger partial charge in [0.25, 0.3) is 0 Å². The van der Waals surface area contributed by atoms with Crippen LogP contribution in [0.15, 0.2) is 23.1 Å². The Morgan fingerprint density at radius 3 is 2.30 bits per heavy atom. The molecule has 0 saturated heterocycles. The SMILES string of the molecule is CC(C(=O)N(C)C)S(=O)(=O)c1cc(C(=O)O)ccc1Cl. The van der Waals surface area contributed by atoms with Gasteiger partial charge < -0.3 is 10.0 Å². The zero-order chi connectivity index (χ0) is 15.7. The number of nitrogens with zero attached hydrogens (tertiary/aromatic N) is 1. The van der Waals surface area contributed by atoms with Crippen LogP contribution in [-0.4, -0.2) is 49.6 Å². The number of carbonyl (C=O) groups excluding carboxylic acids is 1. The maximum absolute atomic E-state index is 12.3. The number of sulfone groups is 1. The summed E-state index contributed by atoms with van der Waals surface area (Å²) < 4.78 is 24.7. The van der Waals surface area contributed by atoms with Crippen LogP contribution in [0, 0.1) is 0 Å². The molecular weight excluding hydrogens is 306 g/mol. The monoisotopic (exact) mass is 319 g/mol. The van der Waals surface area contributed by atoms with Gasteiger partial charge in [-0.05, 0) is 25.1 Å². The number of hydrogen-bond donors (Lipinski definition) is 1. The smallest absolute Gasteiger partial charge is 0.335 e. The highest BCUT2D eigenvalue weighted by molar-refractivity contribution is 7.92. The number of rotatable bonds is 4. The van der Waals surface area contributed by atoms with Crippen molar-refractivity contribution in [1.82, 2.24) is 4.90 Å². The highest BCUT2D eigenvalue weighted by atomic mass is 35.5. The first-order chi connectivity index (χ1) is 9.09. The highest BCUT2D eigenvalue weighted by Crippen LogP contribution is 2.26. The summed E-state index contributed by atoms with van der Waals surface area (Å²) in [6, 6.07) is 3.34. The fourth-order valence-corrected chi connectivity index (χ4v) is 3.47. The molecular formula is C12H14ClNO5S. The van der Waals surface area contributed by atoms with Gasteiger partial charge in [0.1, 0.15) is 5.25 Å². The van der Waals surface area contributed by atoms with Gasteiger partial charge in [0.05, 0.1) is 15.5 Å². The number of carbonyl (C=O) groups is 2. The van der Waals surface area contributed by atoms with Crippen molar-refractivity contribution in [3.63, 3.8) is 0 Å². The van der Waals surface area contributed by atoms with Crippen molar-refractivity contribution in [2.75, 3.05) is 14.1 Å². The summed E-state index contributed by atoms with van der Waals surface area (Å²) in [5.41, 5.74) is -0.211. The van der Waals surface area contributed by atoms with Gasteiger partial charge in [-0.3, -0.25) is 4.79 Å². The van der Waals surface area contributed by atoms with Crippen molar-refractivity contribution >= 4 is 33.3 Å². The number of benzene rings is 1. The first kappa shape index (κ1) is 16.5. The molecule has 110 valence electrons. The van der Waals surface area contributed by atoms with Gasteiger partial charge in [-0.15, -0.1) is 0 Å². The number of hydrogen-bond acceptors (Lipinski definition) is 4. The number of aromatic carboxylic acids is 1. The van der Waals surface area contributed by atoms with Crippen LogP contribution in [-0.2, 0) is 14.6 Å². The van der Waals surface area contributed by atoms with E-state index >= 15 is 0 Å². The molecule has 0 heterocycles. The van der Waals surface area contributed by atoms with E-state index in [1.807, 2.05) is 0 Å². The average molecular weight is 320 g/mol. The number of amides is 1. The Labute approximate surface area is 121 Å². The van der Waals surface area contributed by atoms with E-state index in [2.05, 4.69) is 0 Å². The molecule has 1 unspecified atom stereocenters. The van der Waals surface area contributed by atoms with E-state index < -0.39 is 27.0 Å². The molecule has 1 aromatic rings. The molecule has 0 aliphatic heterocycles. The molecule has 0 spiro atoms. The summed E-state index contributed by atoms with van der Waals surface area (Å²) in [5, 5.41) is 7.42. The molecule has 0 bridgehead atoms. The third kappa shape index (κ3) is 3.10. The van der Waals surface area contributed by atoms with E-state index in [9.17, 15) is 18.0 Å². The number of carboxylic acid groups (broad SMARTS) is 1. The minimum Gasteiger partial charge on any atom is -0.478 e. The molecule has 0 fully saturated rings. The lowest BCUT2D eigenvalue weighted by atomic mass is 10.2. The van der Waals surface area contributed by atoms with Crippen LogP contribution in [0.25, 0.3) is 0 Å². The standard InChI is InChI=1S/C12H14ClNO5S/c1-7(11(15)14(2)3)20(18,19)10-6-8(12(16)17)4-5-9(10)13/h4-7H,1-3H3,(H,16,17). The quantitative estimate of drug-likeness (QED) is 0.902. The first-order valence-electron chi connectivity index (χ1n) is 5.57. The molecule has 20 heavy (non-hydrogen) atoms. The molecule has 0 aromatic heterocycles. The predicted molar refractivity (Wildman–Crippen MR) is 73.8 cm³/mol. The van der Waals surface area contributed by atoms with Gasteiger partial charge in [0.2, 0.25) is 5.91 Å². The van der Waals surface area contributed by atoms with Crippen molar-refractivity contribution in [1.29, 1.82) is 0 Å². The fraction of sp³-hybridized carbons (Fsp3) is 0.333. The summed E-state index contributed by atoms with van der Waals surface area (Å²) >= 11 is 5.82. The summed E-state index contributed by atoms with van der Waals surface area (Å²) in [5.74, 6) is -1.88. The number of carboxylic acids is 1. The lowest BCUT2D eigenvalue weighted by molar-refractivity contribution is -0.127. The van der Waals surface area contributed by atoms with Gasteiger partial charge in [-0.2, -0.15) is 0 Å². The second kappa shape index (κ2) is 5.80. The third-order valence-electron chi connectivity index (χ3n) is 2.74. The molecule has 1 rings (SSSR count). The fourth-order valence-electron chi connectivity index (χ4n) is 1.54. The van der Waals surface area contributed by atoms with E-state index in [4.69, 9.17) is 16.7 Å². The molecule has 1 N–H and O–H groups in total. The molecule has 1 aromatic carbocycles. The second-order valence-corrected chi connectivity index (χ2v) is 7.01. The summed E-state index contributed by atoms with van der Waals surface area (Å²) in [7, 11) is -1.19. The average Bonchev–Trinajstić information content (AvgIpc) is 2.36. The molecule has 0 radical (unpaired) electrons. The molecule has 0 aliphatic carbocycles. The molecule has 6 nitrogen and oxygen atoms in total. The van der Waals surface area contributed by atoms with Gasteiger partial charge in [-0.1, -0.05) is 11.6 Å². The second-order valence-electron chi connectivity index (χ2n) is 4.37. The highest BCUT2D eigenvalue weighted by Gasteiger charge is 2.32.